The molecule has 0 aliphatic carbocycles. The summed E-state index contributed by atoms with van der Waals surface area (Å²) >= 11 is 12.8. The van der Waals surface area contributed by atoms with Crippen LogP contribution in [0.5, 0.6) is 0 Å². The van der Waals surface area contributed by atoms with Gasteiger partial charge in [-0.05, 0) is 36.4 Å². The summed E-state index contributed by atoms with van der Waals surface area (Å²) in [6.07, 6.45) is -4.60. The molecule has 0 radical (unpaired) electrons. The maximum absolute atomic E-state index is 12.9. The van der Waals surface area contributed by atoms with E-state index in [1.165, 1.54) is 36.2 Å². The van der Waals surface area contributed by atoms with E-state index in [0.29, 0.717) is 10.7 Å². The number of nitrogens with zero attached hydrogens (tertiary/aromatic N) is 2. The lowest BCUT2D eigenvalue weighted by molar-refractivity contribution is -0.137. The molecule has 0 saturated carbocycles. The molecule has 2 amide bonds. The molecule has 0 aromatic heterocycles. The molecule has 1 unspecified atom stereocenters. The highest BCUT2D eigenvalue weighted by Gasteiger charge is 2.34. The quantitative estimate of drug-likeness (QED) is 0.627. The molecule has 1 aliphatic heterocycles. The van der Waals surface area contributed by atoms with Crippen LogP contribution in [-0.4, -0.2) is 34.2 Å². The predicted octanol–water partition coefficient (Wildman–Crippen LogP) is 5.60. The monoisotopic (exact) mass is 475 g/mol. The topological polar surface area (TPSA) is 61.8 Å². The van der Waals surface area contributed by atoms with Gasteiger partial charge in [-0.1, -0.05) is 41.0 Å². The number of nitrogens with one attached hydrogen (secondary N) is 1. The van der Waals surface area contributed by atoms with Gasteiger partial charge in [-0.15, -0.1) is 0 Å². The van der Waals surface area contributed by atoms with E-state index in [9.17, 15) is 22.8 Å². The maximum Gasteiger partial charge on any atom is 0.416 e. The summed E-state index contributed by atoms with van der Waals surface area (Å²) in [5.74, 6) is -0.842. The van der Waals surface area contributed by atoms with Crippen LogP contribution in [0.3, 0.4) is 0 Å². The lowest BCUT2D eigenvalue weighted by Gasteiger charge is -2.28. The van der Waals surface area contributed by atoms with Gasteiger partial charge in [0.05, 0.1) is 21.3 Å². The van der Waals surface area contributed by atoms with E-state index in [1.807, 2.05) is 0 Å². The molecule has 0 spiro atoms. The molecule has 1 atom stereocenters. The highest BCUT2D eigenvalue weighted by Crippen LogP contribution is 2.33. The Kier molecular flexibility index (Phi) is 6.64. The Hall–Kier alpha value is -2.23. The molecular formula is C19H14Cl2F3N3O2S. The van der Waals surface area contributed by atoms with Gasteiger partial charge in [-0.3, -0.25) is 14.5 Å². The number of amides is 2. The number of amidine groups is 1. The molecule has 5 nitrogen and oxygen atoms in total. The normalized spacial score (nSPS) is 18.6. The zero-order chi connectivity index (χ0) is 22.1. The van der Waals surface area contributed by atoms with Crippen LogP contribution in [0.25, 0.3) is 0 Å². The number of alkyl halides is 3. The summed E-state index contributed by atoms with van der Waals surface area (Å²) in [6.45, 7) is 0. The first-order valence-corrected chi connectivity index (χ1v) is 10.1. The molecule has 1 N–H and O–H groups in total. The molecule has 2 aromatic carbocycles. The van der Waals surface area contributed by atoms with E-state index in [2.05, 4.69) is 10.3 Å². The van der Waals surface area contributed by atoms with E-state index >= 15 is 0 Å². The molecular weight excluding hydrogens is 462 g/mol. The van der Waals surface area contributed by atoms with Crippen molar-refractivity contribution < 1.29 is 22.8 Å². The van der Waals surface area contributed by atoms with Gasteiger partial charge < -0.3 is 5.32 Å². The van der Waals surface area contributed by atoms with Crippen LogP contribution in [-0.2, 0) is 15.8 Å². The number of carbonyl (C=O) groups excluding carboxylic acids is 2. The average Bonchev–Trinajstić information content (AvgIpc) is 2.67. The molecule has 2 aromatic rings. The SMILES string of the molecule is CN1C(=O)CC(C(=O)Nc2ccc(Cl)c(Cl)c2)SC1=Nc1cccc(C(F)(F)F)c1. The third-order valence-corrected chi connectivity index (χ3v) is 6.13. The van der Waals surface area contributed by atoms with Crippen LogP contribution >= 0.6 is 35.0 Å². The number of aliphatic imine (C=N–C) groups is 1. The Bertz CT molecular complexity index is 1030. The molecule has 1 aliphatic rings. The zero-order valence-corrected chi connectivity index (χ0v) is 17.7. The summed E-state index contributed by atoms with van der Waals surface area (Å²) in [6, 6.07) is 8.98. The molecule has 3 rings (SSSR count). The molecule has 0 bridgehead atoms. The first-order valence-electron chi connectivity index (χ1n) is 8.49. The first-order chi connectivity index (χ1) is 14.0. The third-order valence-electron chi connectivity index (χ3n) is 4.15. The Morgan fingerprint density at radius 2 is 1.93 bits per heavy atom. The van der Waals surface area contributed by atoms with Gasteiger partial charge >= 0.3 is 6.18 Å². The van der Waals surface area contributed by atoms with Gasteiger partial charge in [0.25, 0.3) is 0 Å². The fourth-order valence-corrected chi connectivity index (χ4v) is 3.92. The second-order valence-corrected chi connectivity index (χ2v) is 8.31. The maximum atomic E-state index is 12.9. The van der Waals surface area contributed by atoms with Gasteiger partial charge in [0.1, 0.15) is 5.25 Å². The number of benzene rings is 2. The highest BCUT2D eigenvalue weighted by molar-refractivity contribution is 8.15. The summed E-state index contributed by atoms with van der Waals surface area (Å²) in [4.78, 5) is 30.3. The third kappa shape index (κ3) is 5.27. The van der Waals surface area contributed by atoms with Gasteiger partial charge in [0.15, 0.2) is 5.17 Å². The van der Waals surface area contributed by atoms with Crippen molar-refractivity contribution in [3.05, 3.63) is 58.1 Å². The number of hydrogen-bond acceptors (Lipinski definition) is 4. The van der Waals surface area contributed by atoms with Gasteiger partial charge in [0.2, 0.25) is 11.8 Å². The predicted molar refractivity (Wildman–Crippen MR) is 112 cm³/mol. The minimum Gasteiger partial charge on any atom is -0.325 e. The average molecular weight is 476 g/mol. The minimum atomic E-state index is -4.51. The number of hydrogen-bond donors (Lipinski definition) is 1. The molecule has 11 heteroatoms. The van der Waals surface area contributed by atoms with E-state index in [0.717, 1.165) is 23.9 Å². The van der Waals surface area contributed by atoms with E-state index in [4.69, 9.17) is 23.2 Å². The van der Waals surface area contributed by atoms with Crippen molar-refractivity contribution in [3.8, 4) is 0 Å². The number of carbonyl (C=O) groups is 2. The molecule has 1 heterocycles. The van der Waals surface area contributed by atoms with Crippen molar-refractivity contribution in [1.82, 2.24) is 4.90 Å². The van der Waals surface area contributed by atoms with Crippen molar-refractivity contribution in [3.63, 3.8) is 0 Å². The van der Waals surface area contributed by atoms with Crippen molar-refractivity contribution in [2.75, 3.05) is 12.4 Å². The molecule has 1 saturated heterocycles. The Labute approximate surface area is 184 Å². The van der Waals surface area contributed by atoms with Crippen LogP contribution in [0.4, 0.5) is 24.5 Å². The second-order valence-electron chi connectivity index (χ2n) is 6.32. The Morgan fingerprint density at radius 1 is 1.20 bits per heavy atom. The summed E-state index contributed by atoms with van der Waals surface area (Å²) in [5, 5.41) is 2.55. The van der Waals surface area contributed by atoms with Crippen LogP contribution in [0.1, 0.15) is 12.0 Å². The fourth-order valence-electron chi connectivity index (χ4n) is 2.56. The van der Waals surface area contributed by atoms with Crippen LogP contribution < -0.4 is 5.32 Å². The van der Waals surface area contributed by atoms with Crippen LogP contribution in [0.2, 0.25) is 10.0 Å². The number of halogens is 5. The van der Waals surface area contributed by atoms with E-state index in [1.54, 1.807) is 6.07 Å². The fraction of sp³-hybridized carbons (Fsp3) is 0.211. The molecule has 158 valence electrons. The Morgan fingerprint density at radius 3 is 2.60 bits per heavy atom. The zero-order valence-electron chi connectivity index (χ0n) is 15.3. The summed E-state index contributed by atoms with van der Waals surface area (Å²) < 4.78 is 38.8. The van der Waals surface area contributed by atoms with Gasteiger partial charge in [-0.25, -0.2) is 4.99 Å². The van der Waals surface area contributed by atoms with Gasteiger partial charge in [-0.2, -0.15) is 13.2 Å². The summed E-state index contributed by atoms with van der Waals surface area (Å²) in [5.41, 5.74) is -0.427. The molecule has 30 heavy (non-hydrogen) atoms. The highest BCUT2D eigenvalue weighted by atomic mass is 35.5. The van der Waals surface area contributed by atoms with Crippen molar-refractivity contribution >= 4 is 63.3 Å². The second kappa shape index (κ2) is 8.87. The molecule has 1 fully saturated rings. The Balaban J connectivity index is 1.81. The van der Waals surface area contributed by atoms with Crippen molar-refractivity contribution in [1.29, 1.82) is 0 Å². The van der Waals surface area contributed by atoms with Crippen LogP contribution in [0.15, 0.2) is 47.5 Å². The van der Waals surface area contributed by atoms with Crippen LogP contribution in [0, 0.1) is 0 Å². The number of rotatable bonds is 3. The van der Waals surface area contributed by atoms with Gasteiger partial charge in [0, 0.05) is 19.2 Å². The lowest BCUT2D eigenvalue weighted by Crippen LogP contribution is -2.43. The number of anilines is 1. The number of thioether (sulfide) groups is 1. The lowest BCUT2D eigenvalue weighted by atomic mass is 10.2. The largest absolute Gasteiger partial charge is 0.416 e. The minimum absolute atomic E-state index is 0.0255. The first kappa shape index (κ1) is 22.5. The van der Waals surface area contributed by atoms with Crippen molar-refractivity contribution in [2.45, 2.75) is 17.8 Å². The smallest absolute Gasteiger partial charge is 0.325 e. The van der Waals surface area contributed by atoms with E-state index < -0.39 is 22.9 Å². The summed E-state index contributed by atoms with van der Waals surface area (Å²) in [7, 11) is 1.45. The van der Waals surface area contributed by atoms with E-state index in [-0.39, 0.29) is 28.2 Å². The standard InChI is InChI=1S/C19H14Cl2F3N3O2S/c1-27-16(28)9-15(17(29)25-12-5-6-13(20)14(21)8-12)30-18(27)26-11-4-2-3-10(7-11)19(22,23)24/h2-8,15H,9H2,1H3,(H,25,29). The van der Waals surface area contributed by atoms with Crippen molar-refractivity contribution in [2.24, 2.45) is 4.99 Å².